The van der Waals surface area contributed by atoms with Gasteiger partial charge in [-0.1, -0.05) is 28.8 Å². The maximum absolute atomic E-state index is 12.6. The molecule has 0 saturated heterocycles. The second-order valence-corrected chi connectivity index (χ2v) is 2.14. The lowest BCUT2D eigenvalue weighted by Crippen LogP contribution is -1.74. The Morgan fingerprint density at radius 3 is 2.91 bits per heavy atom. The molecule has 0 aliphatic rings. The second kappa shape index (κ2) is 3.23. The van der Waals surface area contributed by atoms with Crippen LogP contribution in [0.4, 0.5) is 10.1 Å². The van der Waals surface area contributed by atoms with Crippen molar-refractivity contribution in [2.45, 2.75) is 0 Å². The van der Waals surface area contributed by atoms with Crippen LogP contribution in [0.15, 0.2) is 23.3 Å². The normalized spacial score (nSPS) is 8.91. The fraction of sp³-hybridized carbons (Fsp3) is 0. The van der Waals surface area contributed by atoms with Crippen LogP contribution in [0, 0.1) is 5.82 Å². The number of benzene rings is 1. The van der Waals surface area contributed by atoms with Crippen molar-refractivity contribution in [3.8, 4) is 0 Å². The van der Waals surface area contributed by atoms with Crippen molar-refractivity contribution in [1.29, 1.82) is 0 Å². The Bertz CT molecular complexity index is 320. The van der Waals surface area contributed by atoms with Crippen LogP contribution in [0.2, 0.25) is 5.02 Å². The van der Waals surface area contributed by atoms with E-state index >= 15 is 0 Å². The lowest BCUT2D eigenvalue weighted by Gasteiger charge is -1.95. The molecule has 0 aliphatic heterocycles. The first-order valence-corrected chi connectivity index (χ1v) is 3.12. The molecule has 0 N–H and O–H groups in total. The van der Waals surface area contributed by atoms with Crippen molar-refractivity contribution in [1.82, 2.24) is 0 Å². The maximum atomic E-state index is 12.6. The van der Waals surface area contributed by atoms with Gasteiger partial charge in [0.2, 0.25) is 0 Å². The fourth-order valence-corrected chi connectivity index (χ4v) is 0.782. The molecule has 11 heavy (non-hydrogen) atoms. The summed E-state index contributed by atoms with van der Waals surface area (Å²) in [5, 5.41) is 3.03. The average Bonchev–Trinajstić information content (AvgIpc) is 1.99. The van der Waals surface area contributed by atoms with Crippen molar-refractivity contribution in [2.24, 2.45) is 5.11 Å². The van der Waals surface area contributed by atoms with Crippen molar-refractivity contribution in [3.63, 3.8) is 0 Å². The molecule has 0 heterocycles. The zero-order valence-corrected chi connectivity index (χ0v) is 6.09. The third-order valence-corrected chi connectivity index (χ3v) is 1.46. The van der Waals surface area contributed by atoms with Crippen LogP contribution < -0.4 is 0 Å². The molecule has 0 fully saturated rings. The minimum absolute atomic E-state index is 0.106. The van der Waals surface area contributed by atoms with E-state index in [1.165, 1.54) is 18.2 Å². The first-order chi connectivity index (χ1) is 5.25. The van der Waals surface area contributed by atoms with Crippen molar-refractivity contribution in [3.05, 3.63) is 39.5 Å². The highest BCUT2D eigenvalue weighted by Gasteiger charge is 2.01. The molecule has 5 heteroatoms. The van der Waals surface area contributed by atoms with E-state index in [0.717, 1.165) is 0 Å². The fourth-order valence-electron chi connectivity index (χ4n) is 0.618. The number of rotatable bonds is 1. The van der Waals surface area contributed by atoms with Crippen LogP contribution in [0.5, 0.6) is 0 Å². The summed E-state index contributed by atoms with van der Waals surface area (Å²) >= 11 is 5.43. The molecule has 0 aliphatic carbocycles. The van der Waals surface area contributed by atoms with Gasteiger partial charge in [-0.15, -0.1) is 0 Å². The molecule has 0 atom stereocenters. The highest BCUT2D eigenvalue weighted by atomic mass is 35.5. The van der Waals surface area contributed by atoms with E-state index in [1.807, 2.05) is 0 Å². The van der Waals surface area contributed by atoms with Gasteiger partial charge in [-0.3, -0.25) is 0 Å². The zero-order valence-electron chi connectivity index (χ0n) is 5.33. The Morgan fingerprint density at radius 1 is 1.55 bits per heavy atom. The summed E-state index contributed by atoms with van der Waals surface area (Å²) in [6.45, 7) is 0. The highest BCUT2D eigenvalue weighted by Crippen LogP contribution is 2.26. The predicted molar refractivity (Wildman–Crippen MR) is 40.2 cm³/mol. The first-order valence-electron chi connectivity index (χ1n) is 2.75. The van der Waals surface area contributed by atoms with Crippen LogP contribution in [0.1, 0.15) is 0 Å². The van der Waals surface area contributed by atoms with Gasteiger partial charge in [-0.2, -0.15) is 0 Å². The van der Waals surface area contributed by atoms with Gasteiger partial charge < -0.3 is 0 Å². The number of hydrogen-bond donors (Lipinski definition) is 0. The first kappa shape index (κ1) is 7.85. The second-order valence-electron chi connectivity index (χ2n) is 1.76. The minimum atomic E-state index is -0.587. The molecule has 0 saturated carbocycles. The molecule has 0 spiro atoms. The summed E-state index contributed by atoms with van der Waals surface area (Å²) in [5.41, 5.74) is 8.12. The number of hydrogen-bond acceptors (Lipinski definition) is 1. The molecule has 1 rings (SSSR count). The largest absolute Gasteiger partial charge is 0.205 e. The van der Waals surface area contributed by atoms with Gasteiger partial charge in [0.05, 0.1) is 10.7 Å². The third kappa shape index (κ3) is 1.61. The van der Waals surface area contributed by atoms with Gasteiger partial charge in [0, 0.05) is 4.91 Å². The molecule has 3 nitrogen and oxygen atoms in total. The van der Waals surface area contributed by atoms with E-state index in [9.17, 15) is 4.39 Å². The molecule has 0 bridgehead atoms. The quantitative estimate of drug-likeness (QED) is 0.353. The molecule has 56 valence electrons. The molecule has 1 aromatic rings. The van der Waals surface area contributed by atoms with Gasteiger partial charge in [-0.05, 0) is 11.6 Å². The Labute approximate surface area is 67.0 Å². The van der Waals surface area contributed by atoms with E-state index in [-0.39, 0.29) is 10.7 Å². The molecular formula is C6H3ClFN3. The maximum Gasteiger partial charge on any atom is 0.142 e. The van der Waals surface area contributed by atoms with Crippen LogP contribution in [0.3, 0.4) is 0 Å². The SMILES string of the molecule is [N-]=[N+]=Nc1cccc(F)c1Cl. The van der Waals surface area contributed by atoms with E-state index in [1.54, 1.807) is 0 Å². The molecule has 0 unspecified atom stereocenters. The summed E-state index contributed by atoms with van der Waals surface area (Å²) in [7, 11) is 0. The summed E-state index contributed by atoms with van der Waals surface area (Å²) < 4.78 is 12.6. The number of halogens is 2. The van der Waals surface area contributed by atoms with Gasteiger partial charge in [-0.25, -0.2) is 4.39 Å². The van der Waals surface area contributed by atoms with Crippen LogP contribution in [0.25, 0.3) is 10.4 Å². The Hall–Kier alpha value is -1.25. The van der Waals surface area contributed by atoms with Gasteiger partial charge in [0.25, 0.3) is 0 Å². The summed E-state index contributed by atoms with van der Waals surface area (Å²) in [6, 6.07) is 4.05. The molecule has 0 aromatic heterocycles. The monoisotopic (exact) mass is 171 g/mol. The van der Waals surface area contributed by atoms with Crippen LogP contribution in [-0.2, 0) is 0 Å². The predicted octanol–water partition coefficient (Wildman–Crippen LogP) is 3.42. The van der Waals surface area contributed by atoms with E-state index in [4.69, 9.17) is 17.1 Å². The smallest absolute Gasteiger partial charge is 0.142 e. The van der Waals surface area contributed by atoms with Crippen LogP contribution in [-0.4, -0.2) is 0 Å². The highest BCUT2D eigenvalue weighted by molar-refractivity contribution is 6.33. The topological polar surface area (TPSA) is 48.8 Å². The average molecular weight is 172 g/mol. The number of azide groups is 1. The molecule has 0 radical (unpaired) electrons. The van der Waals surface area contributed by atoms with Crippen molar-refractivity contribution in [2.75, 3.05) is 0 Å². The van der Waals surface area contributed by atoms with Crippen LogP contribution >= 0.6 is 11.6 Å². The molecule has 1 aromatic carbocycles. The Balaban J connectivity index is 3.26. The van der Waals surface area contributed by atoms with Gasteiger partial charge in [0.15, 0.2) is 0 Å². The van der Waals surface area contributed by atoms with Crippen molar-refractivity contribution >= 4 is 17.3 Å². The standard InChI is InChI=1S/C6H3ClFN3/c7-6-4(8)2-1-3-5(6)10-11-9/h1-3H. The minimum Gasteiger partial charge on any atom is -0.205 e. The lowest BCUT2D eigenvalue weighted by atomic mass is 10.3. The summed E-state index contributed by atoms with van der Waals surface area (Å²) in [4.78, 5) is 2.48. The third-order valence-electron chi connectivity index (χ3n) is 1.08. The van der Waals surface area contributed by atoms with E-state index in [2.05, 4.69) is 10.0 Å². The van der Waals surface area contributed by atoms with Gasteiger partial charge >= 0.3 is 0 Å². The Kier molecular flexibility index (Phi) is 2.31. The zero-order chi connectivity index (χ0) is 8.27. The van der Waals surface area contributed by atoms with E-state index in [0.29, 0.717) is 0 Å². The summed E-state index contributed by atoms with van der Waals surface area (Å²) in [6.07, 6.45) is 0. The van der Waals surface area contributed by atoms with Gasteiger partial charge in [0.1, 0.15) is 5.82 Å². The molecular weight excluding hydrogens is 169 g/mol. The number of nitrogens with zero attached hydrogens (tertiary/aromatic N) is 3. The van der Waals surface area contributed by atoms with Crippen molar-refractivity contribution < 1.29 is 4.39 Å². The summed E-state index contributed by atoms with van der Waals surface area (Å²) in [5.74, 6) is -0.587. The van der Waals surface area contributed by atoms with E-state index < -0.39 is 5.82 Å². The Morgan fingerprint density at radius 2 is 2.27 bits per heavy atom. The molecule has 0 amide bonds. The lowest BCUT2D eigenvalue weighted by molar-refractivity contribution is 0.628.